The first-order chi connectivity index (χ1) is 9.76. The Hall–Kier alpha value is -0.940. The minimum atomic E-state index is 0. The summed E-state index contributed by atoms with van der Waals surface area (Å²) in [5, 5.41) is 1.23. The number of rotatable bonds is 4. The van der Waals surface area contributed by atoms with Crippen molar-refractivity contribution >= 4 is 23.7 Å². The summed E-state index contributed by atoms with van der Waals surface area (Å²) in [5.74, 6) is 0.453. The van der Waals surface area contributed by atoms with Crippen LogP contribution in [-0.4, -0.2) is 29.0 Å². The van der Waals surface area contributed by atoms with Crippen molar-refractivity contribution in [1.82, 2.24) is 9.88 Å². The third-order valence-corrected chi connectivity index (χ3v) is 5.08. The van der Waals surface area contributed by atoms with E-state index < -0.39 is 0 Å². The second-order valence-electron chi connectivity index (χ2n) is 5.45. The maximum atomic E-state index is 6.33. The summed E-state index contributed by atoms with van der Waals surface area (Å²) in [6.45, 7) is 5.15. The van der Waals surface area contributed by atoms with E-state index in [0.717, 1.165) is 26.1 Å². The summed E-state index contributed by atoms with van der Waals surface area (Å²) < 4.78 is 0. The van der Waals surface area contributed by atoms with Crippen molar-refractivity contribution < 1.29 is 0 Å². The first kappa shape index (κ1) is 16.4. The van der Waals surface area contributed by atoms with Gasteiger partial charge in [0.25, 0.3) is 0 Å². The first-order valence-electron chi connectivity index (χ1n) is 7.22. The lowest BCUT2D eigenvalue weighted by molar-refractivity contribution is 0.326. The third-order valence-electron chi connectivity index (χ3n) is 3.95. The zero-order valence-electron chi connectivity index (χ0n) is 12.2. The van der Waals surface area contributed by atoms with Gasteiger partial charge in [-0.1, -0.05) is 37.3 Å². The molecule has 0 bridgehead atoms. The molecule has 1 aliphatic rings. The largest absolute Gasteiger partial charge is 0.326 e. The molecule has 1 aliphatic heterocycles. The molecule has 0 radical (unpaired) electrons. The molecule has 2 N–H and O–H groups in total. The second kappa shape index (κ2) is 7.36. The highest BCUT2D eigenvalue weighted by Gasteiger charge is 2.31. The van der Waals surface area contributed by atoms with Gasteiger partial charge in [0.1, 0.15) is 0 Å². The highest BCUT2D eigenvalue weighted by Crippen LogP contribution is 2.28. The molecule has 0 spiro atoms. The van der Waals surface area contributed by atoms with E-state index >= 15 is 0 Å². The van der Waals surface area contributed by atoms with Crippen LogP contribution in [0.2, 0.25) is 0 Å². The van der Waals surface area contributed by atoms with E-state index in [0.29, 0.717) is 5.92 Å². The van der Waals surface area contributed by atoms with Crippen molar-refractivity contribution in [3.63, 3.8) is 0 Å². The van der Waals surface area contributed by atoms with Crippen LogP contribution in [0.15, 0.2) is 36.5 Å². The average molecular weight is 324 g/mol. The number of halogens is 1. The van der Waals surface area contributed by atoms with Gasteiger partial charge in [0.2, 0.25) is 0 Å². The van der Waals surface area contributed by atoms with Crippen LogP contribution in [0.25, 0.3) is 0 Å². The third kappa shape index (κ3) is 3.83. The SMILES string of the molecule is CCc1ncc(CN2C[C@@H](N)[C@H](c3ccccc3)C2)s1.Cl. The summed E-state index contributed by atoms with van der Waals surface area (Å²) in [5.41, 5.74) is 7.69. The summed E-state index contributed by atoms with van der Waals surface area (Å²) in [4.78, 5) is 8.24. The zero-order chi connectivity index (χ0) is 13.9. The molecule has 0 aliphatic carbocycles. The maximum absolute atomic E-state index is 6.33. The molecule has 5 heteroatoms. The van der Waals surface area contributed by atoms with Crippen LogP contribution in [0, 0.1) is 0 Å². The number of nitrogens with zero attached hydrogens (tertiary/aromatic N) is 2. The minimum absolute atomic E-state index is 0. The molecule has 0 unspecified atom stereocenters. The van der Waals surface area contributed by atoms with E-state index in [4.69, 9.17) is 5.73 Å². The van der Waals surface area contributed by atoms with E-state index in [1.54, 1.807) is 0 Å². The van der Waals surface area contributed by atoms with Gasteiger partial charge in [0.05, 0.1) is 5.01 Å². The fourth-order valence-corrected chi connectivity index (χ4v) is 3.81. The molecule has 2 heterocycles. The molecule has 1 fully saturated rings. The van der Waals surface area contributed by atoms with E-state index in [9.17, 15) is 0 Å². The summed E-state index contributed by atoms with van der Waals surface area (Å²) in [7, 11) is 0. The fraction of sp³-hybridized carbons (Fsp3) is 0.438. The lowest BCUT2D eigenvalue weighted by atomic mass is 9.95. The van der Waals surface area contributed by atoms with E-state index in [-0.39, 0.29) is 18.4 Å². The molecule has 1 saturated heterocycles. The predicted molar refractivity (Wildman–Crippen MR) is 91.2 cm³/mol. The van der Waals surface area contributed by atoms with E-state index in [2.05, 4.69) is 47.1 Å². The molecule has 3 rings (SSSR count). The molecule has 1 aromatic carbocycles. The van der Waals surface area contributed by atoms with Gasteiger partial charge in [-0.25, -0.2) is 4.98 Å². The average Bonchev–Trinajstić information content (AvgIpc) is 3.07. The number of aryl methyl sites for hydroxylation is 1. The van der Waals surface area contributed by atoms with Crippen LogP contribution < -0.4 is 5.73 Å². The van der Waals surface area contributed by atoms with Gasteiger partial charge in [0.15, 0.2) is 0 Å². The fourth-order valence-electron chi connectivity index (χ4n) is 2.90. The maximum Gasteiger partial charge on any atom is 0.0925 e. The number of nitrogens with two attached hydrogens (primary N) is 1. The molecule has 2 atom stereocenters. The number of benzene rings is 1. The Balaban J connectivity index is 0.00000161. The molecule has 21 heavy (non-hydrogen) atoms. The molecule has 0 amide bonds. The Morgan fingerprint density at radius 3 is 2.71 bits per heavy atom. The van der Waals surface area contributed by atoms with Crippen molar-refractivity contribution in [2.45, 2.75) is 31.8 Å². The summed E-state index contributed by atoms with van der Waals surface area (Å²) in [6.07, 6.45) is 3.04. The number of hydrogen-bond acceptors (Lipinski definition) is 4. The van der Waals surface area contributed by atoms with Crippen molar-refractivity contribution in [3.05, 3.63) is 52.0 Å². The van der Waals surface area contributed by atoms with Crippen LogP contribution in [0.3, 0.4) is 0 Å². The molecule has 1 aromatic heterocycles. The lowest BCUT2D eigenvalue weighted by Crippen LogP contribution is -2.28. The summed E-state index contributed by atoms with van der Waals surface area (Å²) in [6, 6.07) is 10.9. The van der Waals surface area contributed by atoms with Gasteiger partial charge in [-0.05, 0) is 12.0 Å². The number of aromatic nitrogens is 1. The van der Waals surface area contributed by atoms with E-state index in [1.807, 2.05) is 17.5 Å². The molecule has 0 saturated carbocycles. The quantitative estimate of drug-likeness (QED) is 0.940. The Morgan fingerprint density at radius 1 is 1.29 bits per heavy atom. The van der Waals surface area contributed by atoms with Gasteiger partial charge < -0.3 is 5.73 Å². The predicted octanol–water partition coefficient (Wildman–Crippen LogP) is 3.05. The zero-order valence-corrected chi connectivity index (χ0v) is 13.9. The summed E-state index contributed by atoms with van der Waals surface area (Å²) >= 11 is 1.82. The number of thiazole rings is 1. The number of hydrogen-bond donors (Lipinski definition) is 1. The monoisotopic (exact) mass is 323 g/mol. The Morgan fingerprint density at radius 2 is 2.05 bits per heavy atom. The topological polar surface area (TPSA) is 42.2 Å². The van der Waals surface area contributed by atoms with E-state index in [1.165, 1.54) is 15.4 Å². The molecule has 2 aromatic rings. The molecular formula is C16H22ClN3S. The van der Waals surface area contributed by atoms with Crippen molar-refractivity contribution in [2.24, 2.45) is 5.73 Å². The van der Waals surface area contributed by atoms with Crippen LogP contribution in [0.4, 0.5) is 0 Å². The van der Waals surface area contributed by atoms with Gasteiger partial charge >= 0.3 is 0 Å². The first-order valence-corrected chi connectivity index (χ1v) is 8.04. The van der Waals surface area contributed by atoms with Crippen molar-refractivity contribution in [3.8, 4) is 0 Å². The van der Waals surface area contributed by atoms with Gasteiger partial charge in [0, 0.05) is 42.7 Å². The van der Waals surface area contributed by atoms with Crippen LogP contribution in [0.1, 0.15) is 28.3 Å². The highest BCUT2D eigenvalue weighted by molar-refractivity contribution is 7.11. The Bertz CT molecular complexity index is 558. The Labute approximate surface area is 136 Å². The lowest BCUT2D eigenvalue weighted by Gasteiger charge is -2.15. The van der Waals surface area contributed by atoms with Crippen molar-refractivity contribution in [1.29, 1.82) is 0 Å². The standard InChI is InChI=1S/C16H21N3S.ClH/c1-2-16-18-8-13(20-16)9-19-10-14(15(17)11-19)12-6-4-3-5-7-12;/h3-8,14-15H,2,9-11,17H2,1H3;1H/t14-,15+;/m0./s1. The number of likely N-dealkylation sites (tertiary alicyclic amines) is 1. The van der Waals surface area contributed by atoms with Crippen LogP contribution in [0.5, 0.6) is 0 Å². The van der Waals surface area contributed by atoms with Gasteiger partial charge in [-0.3, -0.25) is 4.90 Å². The molecular weight excluding hydrogens is 302 g/mol. The van der Waals surface area contributed by atoms with Gasteiger partial charge in [-0.15, -0.1) is 23.7 Å². The second-order valence-corrected chi connectivity index (χ2v) is 6.65. The Kier molecular flexibility index (Phi) is 5.76. The van der Waals surface area contributed by atoms with Crippen LogP contribution >= 0.6 is 23.7 Å². The van der Waals surface area contributed by atoms with Crippen molar-refractivity contribution in [2.75, 3.05) is 13.1 Å². The van der Waals surface area contributed by atoms with Gasteiger partial charge in [-0.2, -0.15) is 0 Å². The highest BCUT2D eigenvalue weighted by atomic mass is 35.5. The smallest absolute Gasteiger partial charge is 0.0925 e. The minimum Gasteiger partial charge on any atom is -0.326 e. The molecule has 3 nitrogen and oxygen atoms in total. The van der Waals surface area contributed by atoms with Crippen LogP contribution in [-0.2, 0) is 13.0 Å². The normalized spacial score (nSPS) is 22.2. The molecule has 114 valence electrons.